The van der Waals surface area contributed by atoms with E-state index < -0.39 is 23.8 Å². The third-order valence-electron chi connectivity index (χ3n) is 7.95. The Hall–Kier alpha value is -2.85. The molecule has 3 aliphatic rings. The molecule has 2 bridgehead atoms. The number of hydrogen-bond donors (Lipinski definition) is 2. The lowest BCUT2D eigenvalue weighted by Gasteiger charge is -2.48. The van der Waals surface area contributed by atoms with Gasteiger partial charge >= 0.3 is 0 Å². The minimum absolute atomic E-state index is 0.0182. The zero-order chi connectivity index (χ0) is 28.4. The van der Waals surface area contributed by atoms with Gasteiger partial charge in [-0.15, -0.1) is 22.0 Å². The molecule has 0 unspecified atom stereocenters. The van der Waals surface area contributed by atoms with E-state index in [1.165, 1.54) is 24.4 Å². The average molecular weight is 528 g/mol. The summed E-state index contributed by atoms with van der Waals surface area (Å²) in [6, 6.07) is 7.20. The van der Waals surface area contributed by atoms with E-state index in [1.807, 2.05) is 11.8 Å². The summed E-state index contributed by atoms with van der Waals surface area (Å²) in [6.45, 7) is 4.12. The van der Waals surface area contributed by atoms with Crippen molar-refractivity contribution in [3.05, 3.63) is 42.5 Å². The largest absolute Gasteiger partial charge is 0.507 e. The number of piperidine rings is 1. The van der Waals surface area contributed by atoms with Crippen LogP contribution < -0.4 is 10.2 Å². The molecule has 2 saturated heterocycles. The van der Waals surface area contributed by atoms with Crippen LogP contribution in [0.25, 0.3) is 22.4 Å². The average Bonchev–Trinajstić information content (AvgIpc) is 3.66. The topological polar surface area (TPSA) is 87.1 Å². The molecule has 2 aliphatic heterocycles. The zero-order valence-corrected chi connectivity index (χ0v) is 21.4. The molecule has 1 aliphatic carbocycles. The Bertz CT molecular complexity index is 1440. The van der Waals surface area contributed by atoms with Gasteiger partial charge in [-0.2, -0.15) is 4.39 Å². The summed E-state index contributed by atoms with van der Waals surface area (Å²) in [7, 11) is 0. The molecule has 2 N–H and O–H groups in total. The van der Waals surface area contributed by atoms with Crippen molar-refractivity contribution in [3.63, 3.8) is 0 Å². The SMILES string of the molecule is [2H]C([2H])([2H])Sc1cc(-c2ccc(-c3cnc(N(C4CC4)[C@@H]4C[C@@]5(C)CC[C@](C)(N5)[C@@H]4F)nn3)c(O)c2)cc(F)n1. The quantitative estimate of drug-likeness (QED) is 0.336. The highest BCUT2D eigenvalue weighted by molar-refractivity contribution is 7.98. The number of halogens is 2. The van der Waals surface area contributed by atoms with Crippen molar-refractivity contribution >= 4 is 17.7 Å². The van der Waals surface area contributed by atoms with E-state index in [0.717, 1.165) is 25.7 Å². The summed E-state index contributed by atoms with van der Waals surface area (Å²) in [5.41, 5.74) is 0.867. The zero-order valence-electron chi connectivity index (χ0n) is 23.6. The van der Waals surface area contributed by atoms with Gasteiger partial charge in [-0.25, -0.2) is 14.4 Å². The first-order valence-corrected chi connectivity index (χ1v) is 13.3. The molecule has 3 aromatic rings. The molecule has 0 spiro atoms. The molecule has 10 heteroatoms. The lowest BCUT2D eigenvalue weighted by molar-refractivity contribution is 0.0828. The van der Waals surface area contributed by atoms with Crippen LogP contribution in [0, 0.1) is 5.95 Å². The van der Waals surface area contributed by atoms with E-state index >= 15 is 4.39 Å². The summed E-state index contributed by atoms with van der Waals surface area (Å²) >= 11 is 0.480. The van der Waals surface area contributed by atoms with Crippen molar-refractivity contribution in [2.24, 2.45) is 0 Å². The lowest BCUT2D eigenvalue weighted by Crippen LogP contribution is -2.66. The molecule has 1 saturated carbocycles. The highest BCUT2D eigenvalue weighted by Gasteiger charge is 2.58. The minimum atomic E-state index is -2.37. The maximum atomic E-state index is 15.9. The third kappa shape index (κ3) is 4.44. The van der Waals surface area contributed by atoms with Gasteiger partial charge in [-0.05, 0) is 81.5 Å². The second kappa shape index (κ2) is 8.87. The Balaban J connectivity index is 1.26. The second-order valence-electron chi connectivity index (χ2n) is 10.9. The first kappa shape index (κ1) is 21.1. The van der Waals surface area contributed by atoms with Crippen molar-refractivity contribution < 1.29 is 18.0 Å². The Labute approximate surface area is 223 Å². The fourth-order valence-corrected chi connectivity index (χ4v) is 6.32. The van der Waals surface area contributed by atoms with Gasteiger partial charge in [0.2, 0.25) is 11.9 Å². The monoisotopic (exact) mass is 527 g/mol. The molecule has 4 heterocycles. The van der Waals surface area contributed by atoms with Gasteiger partial charge in [0, 0.05) is 32.9 Å². The van der Waals surface area contributed by atoms with Crippen LogP contribution in [-0.2, 0) is 0 Å². The van der Waals surface area contributed by atoms with Crippen LogP contribution in [0.2, 0.25) is 0 Å². The first-order valence-electron chi connectivity index (χ1n) is 13.9. The Morgan fingerprint density at radius 2 is 2.00 bits per heavy atom. The number of fused-ring (bicyclic) bond motifs is 2. The van der Waals surface area contributed by atoms with E-state index in [2.05, 4.69) is 32.4 Å². The highest BCUT2D eigenvalue weighted by atomic mass is 32.2. The maximum absolute atomic E-state index is 15.9. The summed E-state index contributed by atoms with van der Waals surface area (Å²) in [4.78, 5) is 10.2. The molecule has 4 atom stereocenters. The fourth-order valence-electron chi connectivity index (χ4n) is 6.00. The van der Waals surface area contributed by atoms with Crippen LogP contribution in [0.3, 0.4) is 0 Å². The molecular formula is C27H30F2N6OS. The van der Waals surface area contributed by atoms with Gasteiger partial charge in [0.1, 0.15) is 17.6 Å². The van der Waals surface area contributed by atoms with Gasteiger partial charge in [0.25, 0.3) is 0 Å². The Kier molecular flexibility index (Phi) is 5.06. The number of hydrogen-bond acceptors (Lipinski definition) is 8. The second-order valence-corrected chi connectivity index (χ2v) is 11.5. The molecule has 37 heavy (non-hydrogen) atoms. The summed E-state index contributed by atoms with van der Waals surface area (Å²) in [5.74, 6) is -0.559. The lowest BCUT2D eigenvalue weighted by atomic mass is 9.82. The predicted molar refractivity (Wildman–Crippen MR) is 140 cm³/mol. The van der Waals surface area contributed by atoms with Gasteiger partial charge in [-0.3, -0.25) is 0 Å². The van der Waals surface area contributed by atoms with Crippen molar-refractivity contribution in [1.82, 2.24) is 25.5 Å². The number of phenolic OH excluding ortho intramolecular Hbond substituents is 1. The molecule has 3 fully saturated rings. The number of aromatic hydroxyl groups is 1. The Morgan fingerprint density at radius 3 is 2.70 bits per heavy atom. The van der Waals surface area contributed by atoms with Gasteiger partial charge < -0.3 is 15.3 Å². The van der Waals surface area contributed by atoms with Gasteiger partial charge in [0.15, 0.2) is 0 Å². The van der Waals surface area contributed by atoms with Crippen LogP contribution in [0.15, 0.2) is 41.6 Å². The molecule has 0 radical (unpaired) electrons. The first-order chi connectivity index (χ1) is 18.8. The minimum Gasteiger partial charge on any atom is -0.507 e. The van der Waals surface area contributed by atoms with Crippen LogP contribution in [0.4, 0.5) is 14.7 Å². The molecule has 194 valence electrons. The summed E-state index contributed by atoms with van der Waals surface area (Å²) in [6.07, 6.45) is 2.38. The number of nitrogens with one attached hydrogen (secondary N) is 1. The third-order valence-corrected chi connectivity index (χ3v) is 8.37. The Morgan fingerprint density at radius 1 is 1.16 bits per heavy atom. The number of thioether (sulfide) groups is 1. The number of pyridine rings is 1. The van der Waals surface area contributed by atoms with Crippen molar-refractivity contribution in [3.8, 4) is 28.1 Å². The number of aromatic nitrogens is 4. The molecule has 1 aromatic carbocycles. The number of phenols is 1. The highest BCUT2D eigenvalue weighted by Crippen LogP contribution is 2.47. The van der Waals surface area contributed by atoms with E-state index in [0.29, 0.717) is 46.5 Å². The number of alkyl halides is 1. The smallest absolute Gasteiger partial charge is 0.245 e. The van der Waals surface area contributed by atoms with Crippen molar-refractivity contribution in [2.75, 3.05) is 11.1 Å². The number of anilines is 1. The fraction of sp³-hybridized carbons (Fsp3) is 0.481. The molecule has 7 nitrogen and oxygen atoms in total. The number of nitrogens with zero attached hydrogens (tertiary/aromatic N) is 5. The van der Waals surface area contributed by atoms with Gasteiger partial charge in [0.05, 0.1) is 17.3 Å². The van der Waals surface area contributed by atoms with E-state index in [4.69, 9.17) is 4.11 Å². The standard InChI is InChI=1S/C27H30F2N6OS/c1-26-8-9-27(2,34-26)24(29)20(13-26)35(17-5-6-17)25-30-14-19(32-33-25)18-7-4-15(10-21(18)36)16-11-22(28)31-23(12-16)37-3/h4,7,10-12,14,17,20,24,34,36H,5-6,8-9,13H2,1-3H3/t20-,24-,26-,27+/m1/s1/i3D3. The summed E-state index contributed by atoms with van der Waals surface area (Å²) in [5, 5.41) is 23.0. The van der Waals surface area contributed by atoms with Crippen LogP contribution in [-0.4, -0.2) is 60.8 Å². The van der Waals surface area contributed by atoms with E-state index in [1.54, 1.807) is 12.1 Å². The molecular weight excluding hydrogens is 494 g/mol. The van der Waals surface area contributed by atoms with E-state index in [9.17, 15) is 9.50 Å². The van der Waals surface area contributed by atoms with Crippen LogP contribution in [0.5, 0.6) is 5.75 Å². The molecule has 2 aromatic heterocycles. The van der Waals surface area contributed by atoms with Crippen LogP contribution in [0.1, 0.15) is 50.1 Å². The number of rotatable bonds is 6. The van der Waals surface area contributed by atoms with Crippen molar-refractivity contribution in [2.45, 2.75) is 80.3 Å². The van der Waals surface area contributed by atoms with E-state index in [-0.39, 0.29) is 28.4 Å². The molecule has 0 amide bonds. The molecule has 6 rings (SSSR count). The number of benzene rings is 1. The van der Waals surface area contributed by atoms with Crippen LogP contribution >= 0.6 is 11.8 Å². The predicted octanol–water partition coefficient (Wildman–Crippen LogP) is 5.15. The normalized spacial score (nSPS) is 30.4. The van der Waals surface area contributed by atoms with Crippen molar-refractivity contribution in [1.29, 1.82) is 0 Å². The summed E-state index contributed by atoms with van der Waals surface area (Å²) < 4.78 is 52.2. The maximum Gasteiger partial charge on any atom is 0.245 e. The van der Waals surface area contributed by atoms with Gasteiger partial charge in [-0.1, -0.05) is 6.07 Å².